The third kappa shape index (κ3) is 4.00. The van der Waals surface area contributed by atoms with Crippen molar-refractivity contribution >= 4 is 11.9 Å². The van der Waals surface area contributed by atoms with Crippen LogP contribution < -0.4 is 5.32 Å². The molecule has 1 amide bonds. The van der Waals surface area contributed by atoms with Crippen molar-refractivity contribution in [2.75, 3.05) is 19.6 Å². The topological polar surface area (TPSA) is 69.6 Å². The molecule has 1 saturated heterocycles. The largest absolute Gasteiger partial charge is 0.481 e. The molecule has 0 aromatic heterocycles. The van der Waals surface area contributed by atoms with Crippen molar-refractivity contribution in [2.45, 2.75) is 38.1 Å². The van der Waals surface area contributed by atoms with Gasteiger partial charge < -0.3 is 15.3 Å². The Bertz CT molecular complexity index is 302. The number of carbonyl (C=O) groups is 2. The van der Waals surface area contributed by atoms with Crippen molar-refractivity contribution < 1.29 is 14.7 Å². The van der Waals surface area contributed by atoms with E-state index in [1.54, 1.807) is 0 Å². The minimum atomic E-state index is -0.711. The number of aliphatic carboxylic acids is 1. The molecule has 0 bridgehead atoms. The monoisotopic (exact) mass is 240 g/mol. The summed E-state index contributed by atoms with van der Waals surface area (Å²) in [6.07, 6.45) is 4.39. The highest BCUT2D eigenvalue weighted by Gasteiger charge is 2.26. The number of amides is 1. The lowest BCUT2D eigenvalue weighted by Crippen LogP contribution is -2.40. The predicted molar refractivity (Wildman–Crippen MR) is 62.6 cm³/mol. The molecular weight excluding hydrogens is 220 g/mol. The Labute approximate surface area is 101 Å². The van der Waals surface area contributed by atoms with Crippen LogP contribution in [0.1, 0.15) is 32.1 Å². The van der Waals surface area contributed by atoms with Crippen molar-refractivity contribution in [3.63, 3.8) is 0 Å². The first-order valence-corrected chi connectivity index (χ1v) is 6.39. The van der Waals surface area contributed by atoms with Crippen LogP contribution >= 0.6 is 0 Å². The second-order valence-corrected chi connectivity index (χ2v) is 5.07. The van der Waals surface area contributed by atoms with E-state index in [0.717, 1.165) is 32.2 Å². The summed E-state index contributed by atoms with van der Waals surface area (Å²) in [6, 6.07) is 0.413. The smallest absolute Gasteiger partial charge is 0.307 e. The Balaban J connectivity index is 1.67. The summed E-state index contributed by atoms with van der Waals surface area (Å²) < 4.78 is 0. The van der Waals surface area contributed by atoms with Crippen molar-refractivity contribution in [1.82, 2.24) is 10.2 Å². The summed E-state index contributed by atoms with van der Waals surface area (Å²) >= 11 is 0. The van der Waals surface area contributed by atoms with E-state index in [1.807, 2.05) is 0 Å². The molecule has 1 atom stereocenters. The van der Waals surface area contributed by atoms with E-state index >= 15 is 0 Å². The molecule has 2 aliphatic rings. The normalized spacial score (nSPS) is 25.5. The quantitative estimate of drug-likeness (QED) is 0.732. The molecule has 5 heteroatoms. The average molecular weight is 240 g/mol. The molecule has 17 heavy (non-hydrogen) atoms. The molecule has 1 aliphatic carbocycles. The summed E-state index contributed by atoms with van der Waals surface area (Å²) in [5.41, 5.74) is 0. The van der Waals surface area contributed by atoms with Gasteiger partial charge in [0, 0.05) is 25.6 Å². The fraction of sp³-hybridized carbons (Fsp3) is 0.833. The maximum atomic E-state index is 11.5. The molecule has 1 aliphatic heterocycles. The minimum absolute atomic E-state index is 0.102. The van der Waals surface area contributed by atoms with Crippen molar-refractivity contribution in [3.8, 4) is 0 Å². The summed E-state index contributed by atoms with van der Waals surface area (Å²) in [4.78, 5) is 24.5. The molecule has 0 radical (unpaired) electrons. The number of hydrogen-bond acceptors (Lipinski definition) is 3. The van der Waals surface area contributed by atoms with Crippen LogP contribution in [0, 0.1) is 5.92 Å². The van der Waals surface area contributed by atoms with Gasteiger partial charge in [0.25, 0.3) is 0 Å². The molecule has 2 rings (SSSR count). The number of carboxylic acid groups (broad SMARTS) is 1. The Kier molecular flexibility index (Phi) is 3.99. The molecule has 96 valence electrons. The van der Waals surface area contributed by atoms with Gasteiger partial charge in [-0.2, -0.15) is 0 Å². The van der Waals surface area contributed by atoms with Crippen LogP contribution in [0.25, 0.3) is 0 Å². The number of rotatable bonds is 5. The van der Waals surface area contributed by atoms with Crippen LogP contribution in [-0.2, 0) is 9.59 Å². The first-order chi connectivity index (χ1) is 8.15. The van der Waals surface area contributed by atoms with E-state index in [-0.39, 0.29) is 11.8 Å². The Hall–Kier alpha value is -1.10. The van der Waals surface area contributed by atoms with Gasteiger partial charge in [0.1, 0.15) is 0 Å². The van der Waals surface area contributed by atoms with E-state index in [9.17, 15) is 9.59 Å². The van der Waals surface area contributed by atoms with Gasteiger partial charge in [-0.15, -0.1) is 0 Å². The third-order valence-electron chi connectivity index (χ3n) is 3.45. The number of carbonyl (C=O) groups excluding carboxylic acids is 1. The maximum absolute atomic E-state index is 11.5. The minimum Gasteiger partial charge on any atom is -0.481 e. The van der Waals surface area contributed by atoms with Crippen LogP contribution in [0.5, 0.6) is 0 Å². The zero-order chi connectivity index (χ0) is 12.3. The zero-order valence-electron chi connectivity index (χ0n) is 10.0. The second-order valence-electron chi connectivity index (χ2n) is 5.07. The number of piperidine rings is 1. The van der Waals surface area contributed by atoms with Gasteiger partial charge in [0.2, 0.25) is 5.91 Å². The third-order valence-corrected chi connectivity index (χ3v) is 3.45. The number of nitrogens with one attached hydrogen (secondary N) is 1. The molecule has 0 aromatic carbocycles. The first kappa shape index (κ1) is 12.4. The second kappa shape index (κ2) is 5.49. The van der Waals surface area contributed by atoms with E-state index in [1.165, 1.54) is 0 Å². The van der Waals surface area contributed by atoms with Gasteiger partial charge in [-0.05, 0) is 32.2 Å². The highest BCUT2D eigenvalue weighted by molar-refractivity contribution is 5.76. The maximum Gasteiger partial charge on any atom is 0.307 e. The lowest BCUT2D eigenvalue weighted by molar-refractivity contribution is -0.143. The van der Waals surface area contributed by atoms with Crippen molar-refractivity contribution in [1.29, 1.82) is 0 Å². The Morgan fingerprint density at radius 2 is 2.06 bits per heavy atom. The van der Waals surface area contributed by atoms with Gasteiger partial charge >= 0.3 is 5.97 Å². The number of carboxylic acids is 1. The Morgan fingerprint density at radius 1 is 1.29 bits per heavy atom. The molecule has 1 heterocycles. The highest BCUT2D eigenvalue weighted by atomic mass is 16.4. The van der Waals surface area contributed by atoms with E-state index in [2.05, 4.69) is 10.2 Å². The number of hydrogen-bond donors (Lipinski definition) is 2. The van der Waals surface area contributed by atoms with Gasteiger partial charge in [-0.25, -0.2) is 0 Å². The van der Waals surface area contributed by atoms with E-state index < -0.39 is 5.97 Å². The molecule has 1 saturated carbocycles. The average Bonchev–Trinajstić information content (AvgIpc) is 3.11. The van der Waals surface area contributed by atoms with Gasteiger partial charge in [-0.1, -0.05) is 0 Å². The lowest BCUT2D eigenvalue weighted by atomic mass is 9.98. The predicted octanol–water partition coefficient (Wildman–Crippen LogP) is 0.452. The Morgan fingerprint density at radius 3 is 2.71 bits per heavy atom. The molecule has 0 spiro atoms. The molecule has 0 aromatic rings. The summed E-state index contributed by atoms with van der Waals surface area (Å²) in [6.45, 7) is 2.19. The molecule has 2 fully saturated rings. The lowest BCUT2D eigenvalue weighted by Gasteiger charge is -2.30. The van der Waals surface area contributed by atoms with E-state index in [0.29, 0.717) is 25.6 Å². The SMILES string of the molecule is O=C(CCN1CCCC(C(=O)O)C1)NC1CC1. The molecule has 2 N–H and O–H groups in total. The fourth-order valence-electron chi connectivity index (χ4n) is 2.25. The van der Waals surface area contributed by atoms with Crippen LogP contribution in [0.4, 0.5) is 0 Å². The highest BCUT2D eigenvalue weighted by Crippen LogP contribution is 2.19. The summed E-state index contributed by atoms with van der Waals surface area (Å²) in [5, 5.41) is 11.9. The summed E-state index contributed by atoms with van der Waals surface area (Å²) in [7, 11) is 0. The van der Waals surface area contributed by atoms with Crippen molar-refractivity contribution in [3.05, 3.63) is 0 Å². The van der Waals surface area contributed by atoms with Gasteiger partial charge in [-0.3, -0.25) is 9.59 Å². The fourth-order valence-corrected chi connectivity index (χ4v) is 2.25. The summed E-state index contributed by atoms with van der Waals surface area (Å²) in [5.74, 6) is -0.864. The van der Waals surface area contributed by atoms with Gasteiger partial charge in [0.05, 0.1) is 5.92 Å². The number of likely N-dealkylation sites (tertiary alicyclic amines) is 1. The molecular formula is C12H20N2O3. The van der Waals surface area contributed by atoms with Crippen molar-refractivity contribution in [2.24, 2.45) is 5.92 Å². The van der Waals surface area contributed by atoms with Crippen LogP contribution in [-0.4, -0.2) is 47.6 Å². The number of nitrogens with zero attached hydrogens (tertiary/aromatic N) is 1. The zero-order valence-corrected chi connectivity index (χ0v) is 10.0. The van der Waals surface area contributed by atoms with Crippen LogP contribution in [0.15, 0.2) is 0 Å². The van der Waals surface area contributed by atoms with Crippen LogP contribution in [0.2, 0.25) is 0 Å². The first-order valence-electron chi connectivity index (χ1n) is 6.39. The molecule has 1 unspecified atom stereocenters. The van der Waals surface area contributed by atoms with E-state index in [4.69, 9.17) is 5.11 Å². The standard InChI is InChI=1S/C12H20N2O3/c15-11(13-10-3-4-10)5-7-14-6-1-2-9(8-14)12(16)17/h9-10H,1-8H2,(H,13,15)(H,16,17). The van der Waals surface area contributed by atoms with Gasteiger partial charge in [0.15, 0.2) is 0 Å². The van der Waals surface area contributed by atoms with Crippen LogP contribution in [0.3, 0.4) is 0 Å². The molecule has 5 nitrogen and oxygen atoms in total.